The lowest BCUT2D eigenvalue weighted by Gasteiger charge is -2.36. The number of aliphatic carboxylic acids is 1. The highest BCUT2D eigenvalue weighted by atomic mass is 16.4. The molecule has 0 spiro atoms. The van der Waals surface area contributed by atoms with Gasteiger partial charge in [0.25, 0.3) is 0 Å². The summed E-state index contributed by atoms with van der Waals surface area (Å²) >= 11 is 0. The van der Waals surface area contributed by atoms with Crippen LogP contribution in [0.25, 0.3) is 0 Å². The Hall–Kier alpha value is -0.610. The molecule has 0 aromatic rings. The van der Waals surface area contributed by atoms with E-state index in [1.807, 2.05) is 0 Å². The number of carboxylic acid groups (broad SMARTS) is 1. The maximum absolute atomic E-state index is 10.5. The van der Waals surface area contributed by atoms with Gasteiger partial charge in [-0.05, 0) is 18.8 Å². The molecular formula is C12H21NO3. The molecule has 0 aromatic heterocycles. The molecule has 2 fully saturated rings. The zero-order chi connectivity index (χ0) is 11.6. The fourth-order valence-electron chi connectivity index (χ4n) is 3.38. The van der Waals surface area contributed by atoms with Crippen molar-refractivity contribution in [2.24, 2.45) is 11.3 Å². The zero-order valence-electron chi connectivity index (χ0n) is 9.69. The summed E-state index contributed by atoms with van der Waals surface area (Å²) in [5.41, 5.74) is 0.0801. The molecule has 2 rings (SSSR count). The van der Waals surface area contributed by atoms with E-state index in [1.165, 1.54) is 19.3 Å². The molecule has 2 N–H and O–H groups in total. The summed E-state index contributed by atoms with van der Waals surface area (Å²) in [5.74, 6) is -0.145. The van der Waals surface area contributed by atoms with Crippen molar-refractivity contribution in [1.82, 2.24) is 4.90 Å². The van der Waals surface area contributed by atoms with E-state index in [0.717, 1.165) is 19.5 Å². The maximum Gasteiger partial charge on any atom is 0.304 e. The first-order valence-electron chi connectivity index (χ1n) is 6.21. The van der Waals surface area contributed by atoms with Gasteiger partial charge in [-0.1, -0.05) is 12.8 Å². The quantitative estimate of drug-likeness (QED) is 0.750. The van der Waals surface area contributed by atoms with Gasteiger partial charge in [0, 0.05) is 25.0 Å². The van der Waals surface area contributed by atoms with Gasteiger partial charge >= 0.3 is 5.97 Å². The van der Waals surface area contributed by atoms with Gasteiger partial charge in [-0.2, -0.15) is 0 Å². The number of carbonyl (C=O) groups is 1. The SMILES string of the molecule is O=C(O)CCN1C[C@H]2CCCC[C@]2(CO)C1. The van der Waals surface area contributed by atoms with Crippen molar-refractivity contribution in [2.45, 2.75) is 32.1 Å². The molecule has 0 amide bonds. The lowest BCUT2D eigenvalue weighted by atomic mass is 9.69. The molecule has 1 aliphatic carbocycles. The van der Waals surface area contributed by atoms with Crippen LogP contribution in [-0.2, 0) is 4.79 Å². The predicted molar refractivity (Wildman–Crippen MR) is 60.2 cm³/mol. The monoisotopic (exact) mass is 227 g/mol. The smallest absolute Gasteiger partial charge is 0.304 e. The Morgan fingerprint density at radius 3 is 2.88 bits per heavy atom. The average Bonchev–Trinajstić information content (AvgIpc) is 2.65. The van der Waals surface area contributed by atoms with Crippen LogP contribution in [0.2, 0.25) is 0 Å². The molecule has 2 aliphatic rings. The minimum absolute atomic E-state index is 0.0801. The Balaban J connectivity index is 1.94. The molecule has 1 heterocycles. The molecule has 1 saturated carbocycles. The van der Waals surface area contributed by atoms with Crippen molar-refractivity contribution in [3.05, 3.63) is 0 Å². The number of nitrogens with zero attached hydrogens (tertiary/aromatic N) is 1. The number of likely N-dealkylation sites (tertiary alicyclic amines) is 1. The van der Waals surface area contributed by atoms with E-state index in [0.29, 0.717) is 12.5 Å². The van der Waals surface area contributed by atoms with Crippen LogP contribution in [0, 0.1) is 11.3 Å². The molecule has 2 atom stereocenters. The van der Waals surface area contributed by atoms with Crippen molar-refractivity contribution < 1.29 is 15.0 Å². The molecule has 0 aromatic carbocycles. The lowest BCUT2D eigenvalue weighted by molar-refractivity contribution is -0.137. The van der Waals surface area contributed by atoms with Gasteiger partial charge in [0.2, 0.25) is 0 Å². The number of hydrogen-bond acceptors (Lipinski definition) is 3. The van der Waals surface area contributed by atoms with E-state index in [4.69, 9.17) is 5.11 Å². The molecule has 1 saturated heterocycles. The molecule has 4 heteroatoms. The normalized spacial score (nSPS) is 34.9. The Bertz CT molecular complexity index is 269. The van der Waals surface area contributed by atoms with Crippen LogP contribution in [0.15, 0.2) is 0 Å². The van der Waals surface area contributed by atoms with Crippen molar-refractivity contribution >= 4 is 5.97 Å². The van der Waals surface area contributed by atoms with Crippen LogP contribution in [-0.4, -0.2) is 47.3 Å². The minimum Gasteiger partial charge on any atom is -0.481 e. The number of carboxylic acids is 1. The van der Waals surface area contributed by atoms with Gasteiger partial charge in [0.15, 0.2) is 0 Å². The third kappa shape index (κ3) is 2.23. The van der Waals surface area contributed by atoms with Crippen LogP contribution in [0.4, 0.5) is 0 Å². The summed E-state index contributed by atoms with van der Waals surface area (Å²) in [4.78, 5) is 12.8. The molecule has 1 aliphatic heterocycles. The first-order valence-corrected chi connectivity index (χ1v) is 6.21. The summed E-state index contributed by atoms with van der Waals surface area (Å²) in [6.07, 6.45) is 5.00. The molecule has 0 bridgehead atoms. The van der Waals surface area contributed by atoms with E-state index in [9.17, 15) is 9.90 Å². The number of rotatable bonds is 4. The maximum atomic E-state index is 10.5. The lowest BCUT2D eigenvalue weighted by Crippen LogP contribution is -2.37. The number of fused-ring (bicyclic) bond motifs is 1. The summed E-state index contributed by atoms with van der Waals surface area (Å²) in [6, 6.07) is 0. The van der Waals surface area contributed by atoms with E-state index in [2.05, 4.69) is 4.90 Å². The molecular weight excluding hydrogens is 206 g/mol. The van der Waals surface area contributed by atoms with Crippen LogP contribution in [0.5, 0.6) is 0 Å². The predicted octanol–water partition coefficient (Wildman–Crippen LogP) is 0.946. The Labute approximate surface area is 96.3 Å². The van der Waals surface area contributed by atoms with Crippen molar-refractivity contribution in [2.75, 3.05) is 26.2 Å². The van der Waals surface area contributed by atoms with Crippen LogP contribution in [0.3, 0.4) is 0 Å². The van der Waals surface area contributed by atoms with Gasteiger partial charge in [-0.25, -0.2) is 0 Å². The van der Waals surface area contributed by atoms with Crippen molar-refractivity contribution in [1.29, 1.82) is 0 Å². The van der Waals surface area contributed by atoms with Gasteiger partial charge < -0.3 is 15.1 Å². The van der Waals surface area contributed by atoms with E-state index in [-0.39, 0.29) is 18.4 Å². The van der Waals surface area contributed by atoms with Gasteiger partial charge in [0.05, 0.1) is 13.0 Å². The molecule has 92 valence electrons. The highest BCUT2D eigenvalue weighted by molar-refractivity contribution is 5.66. The highest BCUT2D eigenvalue weighted by Gasteiger charge is 2.46. The third-order valence-corrected chi connectivity index (χ3v) is 4.32. The summed E-state index contributed by atoms with van der Waals surface area (Å²) in [6.45, 7) is 2.77. The largest absolute Gasteiger partial charge is 0.481 e. The van der Waals surface area contributed by atoms with E-state index >= 15 is 0 Å². The number of aliphatic hydroxyl groups excluding tert-OH is 1. The Morgan fingerprint density at radius 1 is 1.44 bits per heavy atom. The molecule has 0 radical (unpaired) electrons. The summed E-state index contributed by atoms with van der Waals surface area (Å²) in [5, 5.41) is 18.3. The second kappa shape index (κ2) is 4.72. The highest BCUT2D eigenvalue weighted by Crippen LogP contribution is 2.46. The topological polar surface area (TPSA) is 60.8 Å². The first kappa shape index (κ1) is 11.9. The molecule has 0 unspecified atom stereocenters. The standard InChI is InChI=1S/C12H21NO3/c14-9-12-5-2-1-3-10(12)7-13(8-12)6-4-11(15)16/h10,14H,1-9H2,(H,15,16)/t10-,12-/m1/s1. The number of aliphatic hydroxyl groups is 1. The fraction of sp³-hybridized carbons (Fsp3) is 0.917. The van der Waals surface area contributed by atoms with Crippen molar-refractivity contribution in [3.63, 3.8) is 0 Å². The molecule has 16 heavy (non-hydrogen) atoms. The van der Waals surface area contributed by atoms with Crippen LogP contribution < -0.4 is 0 Å². The summed E-state index contributed by atoms with van der Waals surface area (Å²) in [7, 11) is 0. The van der Waals surface area contributed by atoms with Gasteiger partial charge in [-0.15, -0.1) is 0 Å². The molecule has 4 nitrogen and oxygen atoms in total. The van der Waals surface area contributed by atoms with E-state index < -0.39 is 5.97 Å². The first-order chi connectivity index (χ1) is 7.66. The fourth-order valence-corrected chi connectivity index (χ4v) is 3.38. The Morgan fingerprint density at radius 2 is 2.25 bits per heavy atom. The average molecular weight is 227 g/mol. The zero-order valence-corrected chi connectivity index (χ0v) is 9.69. The van der Waals surface area contributed by atoms with Crippen LogP contribution >= 0.6 is 0 Å². The van der Waals surface area contributed by atoms with Crippen LogP contribution in [0.1, 0.15) is 32.1 Å². The number of hydrogen-bond donors (Lipinski definition) is 2. The van der Waals surface area contributed by atoms with Gasteiger partial charge in [0.1, 0.15) is 0 Å². The van der Waals surface area contributed by atoms with Gasteiger partial charge in [-0.3, -0.25) is 4.79 Å². The van der Waals surface area contributed by atoms with Crippen molar-refractivity contribution in [3.8, 4) is 0 Å². The summed E-state index contributed by atoms with van der Waals surface area (Å²) < 4.78 is 0. The third-order valence-electron chi connectivity index (χ3n) is 4.32. The second-order valence-electron chi connectivity index (χ2n) is 5.34. The minimum atomic E-state index is -0.729. The van der Waals surface area contributed by atoms with E-state index in [1.54, 1.807) is 0 Å². The Kier molecular flexibility index (Phi) is 3.50. The second-order valence-corrected chi connectivity index (χ2v) is 5.34.